The van der Waals surface area contributed by atoms with E-state index >= 15 is 0 Å². The number of benzene rings is 2. The topological polar surface area (TPSA) is 96.4 Å². The molecule has 6 nitrogen and oxygen atoms in total. The number of nitrogens with zero attached hydrogens (tertiary/aromatic N) is 2. The molecule has 1 aliphatic carbocycles. The number of ether oxygens (including phenoxy) is 1. The van der Waals surface area contributed by atoms with Crippen molar-refractivity contribution in [2.75, 3.05) is 19.7 Å². The summed E-state index contributed by atoms with van der Waals surface area (Å²) in [5.74, 6) is 0.216. The number of primary amides is 1. The second-order valence-corrected chi connectivity index (χ2v) is 11.7. The molecule has 2 aromatic carbocycles. The highest BCUT2D eigenvalue weighted by atomic mass is 32.2. The minimum Gasteiger partial charge on any atom is -0.494 e. The highest BCUT2D eigenvalue weighted by Gasteiger charge is 2.47. The zero-order chi connectivity index (χ0) is 25.7. The summed E-state index contributed by atoms with van der Waals surface area (Å²) in [6.07, 6.45) is 6.96. The molecule has 2 aliphatic rings. The summed E-state index contributed by atoms with van der Waals surface area (Å²) in [6.45, 7) is 6.16. The Morgan fingerprint density at radius 3 is 2.44 bits per heavy atom. The van der Waals surface area contributed by atoms with Gasteiger partial charge in [0.2, 0.25) is 5.91 Å². The Balaban J connectivity index is 1.29. The van der Waals surface area contributed by atoms with Gasteiger partial charge in [-0.05, 0) is 93.3 Å². The molecule has 2 fully saturated rings. The zero-order valence-corrected chi connectivity index (χ0v) is 22.0. The predicted octanol–water partition coefficient (Wildman–Crippen LogP) is 4.66. The molecule has 2 N–H and O–H groups in total. The number of nitriles is 1. The standard InChI is InChI=1S/C29H35N3O3S/c1-21-6-7-23(19-22(21)2)24(20-30)5-3-4-18-35-26-10-12-27(13-11-26)36(34)29(28(31)33)14-16-32(17-15-29)25-8-9-25/h5-7,10-13,19,25H,3-4,8-9,14-18H2,1-2H3,(H2,31,33)/b24-5+. The molecule has 1 aliphatic heterocycles. The first-order chi connectivity index (χ1) is 17.3. The van der Waals surface area contributed by atoms with Crippen molar-refractivity contribution in [1.29, 1.82) is 5.26 Å². The van der Waals surface area contributed by atoms with Gasteiger partial charge in [0, 0.05) is 24.0 Å². The molecule has 7 heteroatoms. The van der Waals surface area contributed by atoms with E-state index in [1.165, 1.54) is 24.0 Å². The fourth-order valence-corrected chi connectivity index (χ4v) is 6.33. The van der Waals surface area contributed by atoms with Crippen LogP contribution in [0.15, 0.2) is 53.4 Å². The van der Waals surface area contributed by atoms with Gasteiger partial charge in [-0.1, -0.05) is 24.3 Å². The van der Waals surface area contributed by atoms with E-state index in [-0.39, 0.29) is 0 Å². The summed E-state index contributed by atoms with van der Waals surface area (Å²) in [5.41, 5.74) is 9.79. The lowest BCUT2D eigenvalue weighted by Crippen LogP contribution is -2.55. The second kappa shape index (κ2) is 11.4. The second-order valence-electron chi connectivity index (χ2n) is 9.89. The van der Waals surface area contributed by atoms with Crippen LogP contribution in [0.4, 0.5) is 0 Å². The quantitative estimate of drug-likeness (QED) is 0.374. The number of amides is 1. The minimum atomic E-state index is -1.51. The van der Waals surface area contributed by atoms with Crippen molar-refractivity contribution in [2.24, 2.45) is 5.73 Å². The highest BCUT2D eigenvalue weighted by molar-refractivity contribution is 7.87. The highest BCUT2D eigenvalue weighted by Crippen LogP contribution is 2.37. The van der Waals surface area contributed by atoms with Crippen molar-refractivity contribution >= 4 is 22.3 Å². The molecule has 1 saturated heterocycles. The number of likely N-dealkylation sites (tertiary alicyclic amines) is 1. The molecule has 0 aromatic heterocycles. The van der Waals surface area contributed by atoms with Crippen molar-refractivity contribution in [2.45, 2.75) is 68.1 Å². The summed E-state index contributed by atoms with van der Waals surface area (Å²) < 4.78 is 18.3. The van der Waals surface area contributed by atoms with Crippen molar-refractivity contribution in [1.82, 2.24) is 4.90 Å². The fourth-order valence-electron chi connectivity index (χ4n) is 4.76. The number of unbranched alkanes of at least 4 members (excludes halogenated alkanes) is 1. The molecule has 1 saturated carbocycles. The van der Waals surface area contributed by atoms with Crippen LogP contribution in [0.3, 0.4) is 0 Å². The van der Waals surface area contributed by atoms with Crippen LogP contribution >= 0.6 is 0 Å². The van der Waals surface area contributed by atoms with Crippen molar-refractivity contribution in [3.63, 3.8) is 0 Å². The Morgan fingerprint density at radius 2 is 1.86 bits per heavy atom. The van der Waals surface area contributed by atoms with Gasteiger partial charge in [0.25, 0.3) is 0 Å². The van der Waals surface area contributed by atoms with Gasteiger partial charge in [0.15, 0.2) is 0 Å². The number of aryl methyl sites for hydroxylation is 2. The summed E-state index contributed by atoms with van der Waals surface area (Å²) in [4.78, 5) is 15.4. The Hall–Kier alpha value is -2.95. The zero-order valence-electron chi connectivity index (χ0n) is 21.2. The number of hydrogen-bond acceptors (Lipinski definition) is 5. The van der Waals surface area contributed by atoms with E-state index in [2.05, 4.69) is 17.9 Å². The van der Waals surface area contributed by atoms with Crippen LogP contribution in [0.1, 0.15) is 55.2 Å². The lowest BCUT2D eigenvalue weighted by atomic mass is 9.95. The van der Waals surface area contributed by atoms with Crippen LogP contribution in [-0.2, 0) is 15.6 Å². The molecule has 0 radical (unpaired) electrons. The summed E-state index contributed by atoms with van der Waals surface area (Å²) in [7, 11) is -1.51. The summed E-state index contributed by atoms with van der Waals surface area (Å²) >= 11 is 0. The third-order valence-electron chi connectivity index (χ3n) is 7.41. The molecule has 0 bridgehead atoms. The van der Waals surface area contributed by atoms with Gasteiger partial charge < -0.3 is 15.4 Å². The van der Waals surface area contributed by atoms with E-state index in [1.807, 2.05) is 31.2 Å². The van der Waals surface area contributed by atoms with E-state index in [1.54, 1.807) is 24.3 Å². The number of hydrogen-bond donors (Lipinski definition) is 1. The van der Waals surface area contributed by atoms with Crippen LogP contribution < -0.4 is 10.5 Å². The van der Waals surface area contributed by atoms with E-state index in [0.29, 0.717) is 41.7 Å². The van der Waals surface area contributed by atoms with E-state index < -0.39 is 21.5 Å². The molecular weight excluding hydrogens is 470 g/mol. The number of allylic oxidation sites excluding steroid dienone is 2. The first-order valence-corrected chi connectivity index (χ1v) is 13.9. The molecule has 1 amide bonds. The van der Waals surface area contributed by atoms with Gasteiger partial charge in [0.05, 0.1) is 29.0 Å². The maximum Gasteiger partial charge on any atom is 0.236 e. The van der Waals surface area contributed by atoms with Gasteiger partial charge in [-0.25, -0.2) is 0 Å². The Bertz CT molecular complexity index is 1190. The Morgan fingerprint density at radius 1 is 1.17 bits per heavy atom. The molecule has 36 heavy (non-hydrogen) atoms. The lowest BCUT2D eigenvalue weighted by molar-refractivity contribution is -0.121. The number of rotatable bonds is 10. The van der Waals surface area contributed by atoms with Gasteiger partial charge in [-0.3, -0.25) is 9.00 Å². The molecule has 2 aromatic rings. The summed E-state index contributed by atoms with van der Waals surface area (Å²) in [5, 5.41) is 9.53. The van der Waals surface area contributed by atoms with Crippen molar-refractivity contribution < 1.29 is 13.7 Å². The molecule has 0 spiro atoms. The third-order valence-corrected chi connectivity index (χ3v) is 9.43. The Labute approximate surface area is 216 Å². The van der Waals surface area contributed by atoms with E-state index in [4.69, 9.17) is 10.5 Å². The Kier molecular flexibility index (Phi) is 8.28. The average Bonchev–Trinajstić information content (AvgIpc) is 3.73. The monoisotopic (exact) mass is 505 g/mol. The number of carbonyl (C=O) groups excluding carboxylic acids is 1. The van der Waals surface area contributed by atoms with Gasteiger partial charge in [-0.15, -0.1) is 0 Å². The van der Waals surface area contributed by atoms with Gasteiger partial charge >= 0.3 is 0 Å². The maximum atomic E-state index is 13.4. The van der Waals surface area contributed by atoms with E-state index in [0.717, 1.165) is 31.5 Å². The van der Waals surface area contributed by atoms with Crippen molar-refractivity contribution in [3.05, 3.63) is 65.2 Å². The molecule has 1 atom stereocenters. The van der Waals surface area contributed by atoms with E-state index in [9.17, 15) is 14.3 Å². The maximum absolute atomic E-state index is 13.4. The first kappa shape index (κ1) is 26.1. The molecule has 4 rings (SSSR count). The average molecular weight is 506 g/mol. The normalized spacial score (nSPS) is 18.9. The minimum absolute atomic E-state index is 0.470. The van der Waals surface area contributed by atoms with Crippen LogP contribution in [0.25, 0.3) is 5.57 Å². The van der Waals surface area contributed by atoms with Crippen LogP contribution in [-0.4, -0.2) is 45.5 Å². The number of nitrogens with two attached hydrogens (primary N) is 1. The molecular formula is C29H35N3O3S. The molecule has 1 unspecified atom stereocenters. The first-order valence-electron chi connectivity index (χ1n) is 12.7. The lowest BCUT2D eigenvalue weighted by Gasteiger charge is -2.39. The van der Waals surface area contributed by atoms with Crippen LogP contribution in [0.2, 0.25) is 0 Å². The van der Waals surface area contributed by atoms with Crippen LogP contribution in [0.5, 0.6) is 5.75 Å². The predicted molar refractivity (Wildman–Crippen MR) is 143 cm³/mol. The number of carbonyl (C=O) groups is 1. The van der Waals surface area contributed by atoms with Crippen LogP contribution in [0, 0.1) is 25.2 Å². The SMILES string of the molecule is Cc1ccc(/C(C#N)=C/CCCOc2ccc(S(=O)C3(C(N)=O)CCN(C4CC4)CC3)cc2)cc1C. The molecule has 1 heterocycles. The molecule has 190 valence electrons. The largest absolute Gasteiger partial charge is 0.494 e. The van der Waals surface area contributed by atoms with Crippen molar-refractivity contribution in [3.8, 4) is 11.8 Å². The third kappa shape index (κ3) is 5.88. The van der Waals surface area contributed by atoms with Gasteiger partial charge in [0.1, 0.15) is 10.5 Å². The fraction of sp³-hybridized carbons (Fsp3) is 0.448. The number of piperidine rings is 1. The summed E-state index contributed by atoms with van der Waals surface area (Å²) in [6, 6.07) is 16.1. The van der Waals surface area contributed by atoms with Gasteiger partial charge in [-0.2, -0.15) is 5.26 Å². The smallest absolute Gasteiger partial charge is 0.236 e.